The molecule has 4 saturated heterocycles. The van der Waals surface area contributed by atoms with Gasteiger partial charge in [0.25, 0.3) is 0 Å². The van der Waals surface area contributed by atoms with Gasteiger partial charge in [-0.2, -0.15) is 0 Å². The zero-order valence-corrected chi connectivity index (χ0v) is 14.9. The molecule has 5 nitrogen and oxygen atoms in total. The highest BCUT2D eigenvalue weighted by molar-refractivity contribution is 5.79. The van der Waals surface area contributed by atoms with Crippen LogP contribution in [0.15, 0.2) is 30.3 Å². The Morgan fingerprint density at radius 1 is 1.20 bits per heavy atom. The number of nitrogens with zero attached hydrogens (tertiary/aromatic N) is 2. The van der Waals surface area contributed by atoms with Crippen molar-refractivity contribution < 1.29 is 9.44 Å². The number of carbonyl (C=O) groups excluding carboxylic acids is 1. The third-order valence-electron chi connectivity index (χ3n) is 6.43. The summed E-state index contributed by atoms with van der Waals surface area (Å²) in [5, 5.41) is 15.8. The molecular formula is C20H29N3O2. The molecule has 1 aromatic carbocycles. The van der Waals surface area contributed by atoms with Crippen molar-refractivity contribution in [3.63, 3.8) is 0 Å². The van der Waals surface area contributed by atoms with Crippen molar-refractivity contribution in [2.24, 2.45) is 11.8 Å². The van der Waals surface area contributed by atoms with E-state index in [0.717, 1.165) is 45.3 Å². The third kappa shape index (κ3) is 3.89. The number of rotatable bonds is 5. The van der Waals surface area contributed by atoms with E-state index in [0.29, 0.717) is 25.6 Å². The largest absolute Gasteiger partial charge is 0.633 e. The summed E-state index contributed by atoms with van der Waals surface area (Å²) < 4.78 is -0.136. The molecule has 4 aliphatic heterocycles. The SMILES string of the molecule is O=C(N[C@H]1CCN(CCc2ccccc2)C1)C1C[N+]2([O-])CCC1CC2. The van der Waals surface area contributed by atoms with Gasteiger partial charge in [0.2, 0.25) is 5.91 Å². The minimum atomic E-state index is -0.136. The molecule has 4 aliphatic rings. The smallest absolute Gasteiger partial charge is 0.229 e. The van der Waals surface area contributed by atoms with Crippen LogP contribution in [0.2, 0.25) is 0 Å². The van der Waals surface area contributed by atoms with Crippen LogP contribution in [0.3, 0.4) is 0 Å². The summed E-state index contributed by atoms with van der Waals surface area (Å²) in [6.45, 7) is 4.96. The number of nitrogens with one attached hydrogen (secondary N) is 1. The van der Waals surface area contributed by atoms with Crippen molar-refractivity contribution in [3.8, 4) is 0 Å². The number of likely N-dealkylation sites (tertiary alicyclic amines) is 1. The lowest BCUT2D eigenvalue weighted by atomic mass is 9.78. The zero-order valence-electron chi connectivity index (χ0n) is 14.9. The maximum atomic E-state index is 12.7. The molecule has 25 heavy (non-hydrogen) atoms. The third-order valence-corrected chi connectivity index (χ3v) is 6.43. The van der Waals surface area contributed by atoms with Crippen molar-refractivity contribution in [2.75, 3.05) is 39.3 Å². The summed E-state index contributed by atoms with van der Waals surface area (Å²) in [6, 6.07) is 10.8. The molecule has 5 heteroatoms. The minimum Gasteiger partial charge on any atom is -0.633 e. The Balaban J connectivity index is 1.24. The number of hydrogen-bond donors (Lipinski definition) is 1. The van der Waals surface area contributed by atoms with Gasteiger partial charge in [-0.3, -0.25) is 4.79 Å². The van der Waals surface area contributed by atoms with E-state index in [1.807, 2.05) is 6.07 Å². The van der Waals surface area contributed by atoms with Gasteiger partial charge in [-0.15, -0.1) is 0 Å². The van der Waals surface area contributed by atoms with Crippen molar-refractivity contribution >= 4 is 5.91 Å². The molecule has 0 aromatic heterocycles. The minimum absolute atomic E-state index is 0.0571. The molecule has 1 unspecified atom stereocenters. The van der Waals surface area contributed by atoms with E-state index in [1.54, 1.807) is 0 Å². The Hall–Kier alpha value is -1.43. The fourth-order valence-electron chi connectivity index (χ4n) is 4.84. The number of quaternary nitrogens is 1. The first kappa shape index (κ1) is 17.0. The van der Waals surface area contributed by atoms with Gasteiger partial charge in [-0.1, -0.05) is 30.3 Å². The summed E-state index contributed by atoms with van der Waals surface area (Å²) in [5.41, 5.74) is 1.37. The van der Waals surface area contributed by atoms with E-state index < -0.39 is 0 Å². The number of benzene rings is 1. The Morgan fingerprint density at radius 2 is 1.96 bits per heavy atom. The fraction of sp³-hybridized carbons (Fsp3) is 0.650. The highest BCUT2D eigenvalue weighted by atomic mass is 16.5. The average Bonchev–Trinajstić information content (AvgIpc) is 3.08. The molecule has 2 atom stereocenters. The van der Waals surface area contributed by atoms with Crippen LogP contribution in [-0.4, -0.2) is 60.8 Å². The molecule has 2 bridgehead atoms. The van der Waals surface area contributed by atoms with Gasteiger partial charge in [-0.25, -0.2) is 0 Å². The normalized spacial score (nSPS) is 35.0. The van der Waals surface area contributed by atoms with Crippen LogP contribution in [0.1, 0.15) is 24.8 Å². The molecule has 0 radical (unpaired) electrons. The van der Waals surface area contributed by atoms with E-state index in [4.69, 9.17) is 0 Å². The van der Waals surface area contributed by atoms with Crippen LogP contribution < -0.4 is 5.32 Å². The standard InChI is InChI=1S/C20H29N3O2/c24-20(19-15-23(25)12-8-17(19)9-13-23)21-18-7-11-22(14-18)10-6-16-4-2-1-3-5-16/h1-5,17-19H,6-15H2,(H,21,24)/t17?,18-,19?,23?/m0/s1. The zero-order chi connectivity index (χ0) is 17.3. The van der Waals surface area contributed by atoms with Crippen LogP contribution in [0.25, 0.3) is 0 Å². The predicted molar refractivity (Wildman–Crippen MR) is 97.6 cm³/mol. The van der Waals surface area contributed by atoms with E-state index in [1.165, 1.54) is 5.56 Å². The van der Waals surface area contributed by atoms with Gasteiger partial charge < -0.3 is 20.1 Å². The van der Waals surface area contributed by atoms with Gasteiger partial charge in [0.1, 0.15) is 0 Å². The second-order valence-electron chi connectivity index (χ2n) is 8.16. The topological polar surface area (TPSA) is 55.4 Å². The van der Waals surface area contributed by atoms with Crippen LogP contribution in [0.4, 0.5) is 0 Å². The highest BCUT2D eigenvalue weighted by Crippen LogP contribution is 2.37. The summed E-state index contributed by atoms with van der Waals surface area (Å²) in [6.07, 6.45) is 3.93. The van der Waals surface area contributed by atoms with Gasteiger partial charge >= 0.3 is 0 Å². The predicted octanol–water partition coefficient (Wildman–Crippen LogP) is 1.77. The number of piperidine rings is 3. The van der Waals surface area contributed by atoms with E-state index in [-0.39, 0.29) is 22.5 Å². The Bertz CT molecular complexity index is 598. The molecule has 0 spiro atoms. The highest BCUT2D eigenvalue weighted by Gasteiger charge is 2.45. The van der Waals surface area contributed by atoms with Crippen molar-refractivity contribution in [3.05, 3.63) is 41.1 Å². The molecule has 136 valence electrons. The summed E-state index contributed by atoms with van der Waals surface area (Å²) in [7, 11) is 0. The first-order chi connectivity index (χ1) is 12.1. The van der Waals surface area contributed by atoms with Crippen LogP contribution >= 0.6 is 0 Å². The Labute approximate surface area is 150 Å². The Kier molecular flexibility index (Phi) is 4.80. The molecule has 1 amide bonds. The number of carbonyl (C=O) groups is 1. The maximum absolute atomic E-state index is 12.7. The monoisotopic (exact) mass is 343 g/mol. The molecule has 0 aliphatic carbocycles. The fourth-order valence-corrected chi connectivity index (χ4v) is 4.84. The second-order valence-corrected chi connectivity index (χ2v) is 8.16. The number of hydrogen-bond acceptors (Lipinski definition) is 3. The summed E-state index contributed by atoms with van der Waals surface area (Å²) in [4.78, 5) is 15.1. The van der Waals surface area contributed by atoms with E-state index >= 15 is 0 Å². The van der Waals surface area contributed by atoms with Gasteiger partial charge in [0, 0.05) is 38.5 Å². The van der Waals surface area contributed by atoms with Crippen LogP contribution in [0.5, 0.6) is 0 Å². The number of amides is 1. The maximum Gasteiger partial charge on any atom is 0.229 e. The van der Waals surface area contributed by atoms with E-state index in [2.05, 4.69) is 34.5 Å². The lowest BCUT2D eigenvalue weighted by molar-refractivity contribution is -0.900. The van der Waals surface area contributed by atoms with Gasteiger partial charge in [0.05, 0.1) is 25.6 Å². The number of hydroxylamine groups is 3. The molecule has 4 heterocycles. The quantitative estimate of drug-likeness (QED) is 0.655. The van der Waals surface area contributed by atoms with Crippen molar-refractivity contribution in [1.29, 1.82) is 0 Å². The molecule has 1 aromatic rings. The first-order valence-electron chi connectivity index (χ1n) is 9.75. The molecule has 5 rings (SSSR count). The van der Waals surface area contributed by atoms with Crippen molar-refractivity contribution in [2.45, 2.75) is 31.7 Å². The molecule has 1 N–H and O–H groups in total. The van der Waals surface area contributed by atoms with E-state index in [9.17, 15) is 10.0 Å². The van der Waals surface area contributed by atoms with Crippen molar-refractivity contribution in [1.82, 2.24) is 10.2 Å². The van der Waals surface area contributed by atoms with Gasteiger partial charge in [0.15, 0.2) is 0 Å². The average molecular weight is 343 g/mol. The lowest BCUT2D eigenvalue weighted by Crippen LogP contribution is -2.61. The van der Waals surface area contributed by atoms with Crippen LogP contribution in [0, 0.1) is 17.0 Å². The lowest BCUT2D eigenvalue weighted by Gasteiger charge is -2.55. The summed E-state index contributed by atoms with van der Waals surface area (Å²) >= 11 is 0. The Morgan fingerprint density at radius 3 is 2.68 bits per heavy atom. The van der Waals surface area contributed by atoms with Crippen LogP contribution in [-0.2, 0) is 11.2 Å². The molecule has 4 fully saturated rings. The van der Waals surface area contributed by atoms with Gasteiger partial charge in [-0.05, 0) is 24.3 Å². The second kappa shape index (κ2) is 7.06. The number of fused-ring (bicyclic) bond motifs is 3. The summed E-state index contributed by atoms with van der Waals surface area (Å²) in [5.74, 6) is 0.514. The first-order valence-corrected chi connectivity index (χ1v) is 9.75. The molecule has 0 saturated carbocycles. The molecular weight excluding hydrogens is 314 g/mol.